The Labute approximate surface area is 89.0 Å². The average Bonchev–Trinajstić information content (AvgIpc) is 2.27. The standard InChI is InChI=1S/C10H16N2O3/c1-2-6-15-10(13)12-5-3-4-9(8-12)7-11-14/h4,7,14H,2-3,5-6,8H2,1H3. The number of nitrogens with zero attached hydrogens (tertiary/aromatic N) is 2. The minimum Gasteiger partial charge on any atom is -0.449 e. The molecule has 0 radical (unpaired) electrons. The highest BCUT2D eigenvalue weighted by Crippen LogP contribution is 2.09. The van der Waals surface area contributed by atoms with Crippen LogP contribution in [-0.4, -0.2) is 42.1 Å². The van der Waals surface area contributed by atoms with E-state index in [-0.39, 0.29) is 6.09 Å². The summed E-state index contributed by atoms with van der Waals surface area (Å²) in [5.74, 6) is 0. The second-order valence-corrected chi connectivity index (χ2v) is 3.35. The molecule has 0 spiro atoms. The van der Waals surface area contributed by atoms with Crippen molar-refractivity contribution in [1.29, 1.82) is 0 Å². The van der Waals surface area contributed by atoms with Crippen molar-refractivity contribution >= 4 is 12.3 Å². The molecule has 1 aliphatic heterocycles. The zero-order valence-electron chi connectivity index (χ0n) is 8.85. The summed E-state index contributed by atoms with van der Waals surface area (Å²) in [4.78, 5) is 13.1. The van der Waals surface area contributed by atoms with Gasteiger partial charge in [0, 0.05) is 6.54 Å². The van der Waals surface area contributed by atoms with Gasteiger partial charge in [-0.25, -0.2) is 4.79 Å². The molecule has 0 saturated heterocycles. The topological polar surface area (TPSA) is 62.1 Å². The van der Waals surface area contributed by atoms with Crippen molar-refractivity contribution < 1.29 is 14.7 Å². The van der Waals surface area contributed by atoms with E-state index in [2.05, 4.69) is 5.16 Å². The first-order valence-electron chi connectivity index (χ1n) is 5.06. The van der Waals surface area contributed by atoms with Crippen molar-refractivity contribution in [3.8, 4) is 0 Å². The van der Waals surface area contributed by atoms with Gasteiger partial charge < -0.3 is 14.8 Å². The largest absolute Gasteiger partial charge is 0.449 e. The Bertz CT molecular complexity index is 274. The number of hydrogen-bond acceptors (Lipinski definition) is 4. The Kier molecular flexibility index (Phi) is 4.66. The number of amides is 1. The third-order valence-corrected chi connectivity index (χ3v) is 2.09. The molecule has 5 heteroatoms. The van der Waals surface area contributed by atoms with Crippen LogP contribution >= 0.6 is 0 Å². The zero-order valence-corrected chi connectivity index (χ0v) is 8.85. The Morgan fingerprint density at radius 1 is 1.80 bits per heavy atom. The maximum absolute atomic E-state index is 11.5. The molecule has 0 aromatic rings. The van der Waals surface area contributed by atoms with E-state index >= 15 is 0 Å². The van der Waals surface area contributed by atoms with Gasteiger partial charge in [0.15, 0.2) is 0 Å². The van der Waals surface area contributed by atoms with Crippen LogP contribution in [0.4, 0.5) is 4.79 Å². The van der Waals surface area contributed by atoms with E-state index in [0.29, 0.717) is 19.7 Å². The van der Waals surface area contributed by atoms with Gasteiger partial charge >= 0.3 is 6.09 Å². The van der Waals surface area contributed by atoms with E-state index < -0.39 is 0 Å². The van der Waals surface area contributed by atoms with E-state index in [0.717, 1.165) is 18.4 Å². The lowest BCUT2D eigenvalue weighted by atomic mass is 10.1. The first-order chi connectivity index (χ1) is 7.27. The predicted molar refractivity (Wildman–Crippen MR) is 56.2 cm³/mol. The lowest BCUT2D eigenvalue weighted by Crippen LogP contribution is -2.36. The maximum Gasteiger partial charge on any atom is 0.410 e. The highest BCUT2D eigenvalue weighted by Gasteiger charge is 2.18. The molecule has 1 rings (SSSR count). The van der Waals surface area contributed by atoms with Gasteiger partial charge in [0.2, 0.25) is 0 Å². The zero-order chi connectivity index (χ0) is 11.1. The lowest BCUT2D eigenvalue weighted by molar-refractivity contribution is 0.105. The van der Waals surface area contributed by atoms with Crippen LogP contribution in [0.25, 0.3) is 0 Å². The number of carbonyl (C=O) groups is 1. The first-order valence-corrected chi connectivity index (χ1v) is 5.06. The molecule has 1 aliphatic rings. The van der Waals surface area contributed by atoms with Crippen molar-refractivity contribution in [2.75, 3.05) is 19.7 Å². The van der Waals surface area contributed by atoms with Crippen LogP contribution in [0, 0.1) is 0 Å². The van der Waals surface area contributed by atoms with Gasteiger partial charge in [-0.1, -0.05) is 18.2 Å². The molecule has 0 aromatic heterocycles. The minimum atomic E-state index is -0.297. The Morgan fingerprint density at radius 2 is 2.60 bits per heavy atom. The summed E-state index contributed by atoms with van der Waals surface area (Å²) in [7, 11) is 0. The molecule has 1 N–H and O–H groups in total. The minimum absolute atomic E-state index is 0.297. The Morgan fingerprint density at radius 3 is 3.27 bits per heavy atom. The van der Waals surface area contributed by atoms with Gasteiger partial charge in [0.05, 0.1) is 19.4 Å². The van der Waals surface area contributed by atoms with Crippen molar-refractivity contribution in [3.63, 3.8) is 0 Å². The lowest BCUT2D eigenvalue weighted by Gasteiger charge is -2.25. The molecule has 0 unspecified atom stereocenters. The summed E-state index contributed by atoms with van der Waals surface area (Å²) in [6, 6.07) is 0. The highest BCUT2D eigenvalue weighted by atomic mass is 16.6. The van der Waals surface area contributed by atoms with Gasteiger partial charge in [0.1, 0.15) is 0 Å². The molecule has 0 aromatic carbocycles. The molecular formula is C10H16N2O3. The van der Waals surface area contributed by atoms with Crippen LogP contribution in [0.15, 0.2) is 16.8 Å². The fourth-order valence-corrected chi connectivity index (χ4v) is 1.37. The van der Waals surface area contributed by atoms with Crippen LogP contribution in [0.2, 0.25) is 0 Å². The molecule has 15 heavy (non-hydrogen) atoms. The van der Waals surface area contributed by atoms with Gasteiger partial charge in [-0.05, 0) is 18.4 Å². The second kappa shape index (κ2) is 6.06. The summed E-state index contributed by atoms with van der Waals surface area (Å²) in [6.45, 7) is 3.51. The summed E-state index contributed by atoms with van der Waals surface area (Å²) in [5, 5.41) is 11.3. The SMILES string of the molecule is CCCOC(=O)N1CCC=C(C=NO)C1. The Balaban J connectivity index is 2.45. The maximum atomic E-state index is 11.5. The smallest absolute Gasteiger partial charge is 0.410 e. The predicted octanol–water partition coefficient (Wildman–Crippen LogP) is 1.63. The summed E-state index contributed by atoms with van der Waals surface area (Å²) >= 11 is 0. The number of hydrogen-bond donors (Lipinski definition) is 1. The molecule has 1 amide bonds. The van der Waals surface area contributed by atoms with Crippen LogP contribution in [-0.2, 0) is 4.74 Å². The van der Waals surface area contributed by atoms with Crippen molar-refractivity contribution in [2.24, 2.45) is 5.16 Å². The number of oxime groups is 1. The van der Waals surface area contributed by atoms with Crippen LogP contribution in [0.5, 0.6) is 0 Å². The van der Waals surface area contributed by atoms with E-state index in [1.807, 2.05) is 13.0 Å². The van der Waals surface area contributed by atoms with Crippen LogP contribution in [0.1, 0.15) is 19.8 Å². The third kappa shape index (κ3) is 3.61. The number of ether oxygens (including phenoxy) is 1. The molecule has 0 saturated carbocycles. The first kappa shape index (κ1) is 11.6. The summed E-state index contributed by atoms with van der Waals surface area (Å²) < 4.78 is 5.01. The van der Waals surface area contributed by atoms with Crippen molar-refractivity contribution in [1.82, 2.24) is 4.90 Å². The number of rotatable bonds is 3. The van der Waals surface area contributed by atoms with Crippen molar-refractivity contribution in [3.05, 3.63) is 11.6 Å². The van der Waals surface area contributed by atoms with Gasteiger partial charge in [-0.3, -0.25) is 0 Å². The number of carbonyl (C=O) groups excluding carboxylic acids is 1. The van der Waals surface area contributed by atoms with Crippen LogP contribution in [0.3, 0.4) is 0 Å². The molecule has 0 fully saturated rings. The van der Waals surface area contributed by atoms with E-state index in [4.69, 9.17) is 9.94 Å². The highest BCUT2D eigenvalue weighted by molar-refractivity contribution is 5.80. The summed E-state index contributed by atoms with van der Waals surface area (Å²) in [6.07, 6.45) is 4.58. The third-order valence-electron chi connectivity index (χ3n) is 2.09. The molecular weight excluding hydrogens is 196 g/mol. The van der Waals surface area contributed by atoms with E-state index in [1.165, 1.54) is 6.21 Å². The van der Waals surface area contributed by atoms with Crippen LogP contribution < -0.4 is 0 Å². The average molecular weight is 212 g/mol. The second-order valence-electron chi connectivity index (χ2n) is 3.35. The Hall–Kier alpha value is -1.52. The molecule has 84 valence electrons. The monoisotopic (exact) mass is 212 g/mol. The summed E-state index contributed by atoms with van der Waals surface area (Å²) in [5.41, 5.74) is 0.831. The fourth-order valence-electron chi connectivity index (χ4n) is 1.37. The van der Waals surface area contributed by atoms with E-state index in [1.54, 1.807) is 4.90 Å². The molecule has 5 nitrogen and oxygen atoms in total. The normalized spacial score (nSPS) is 16.6. The van der Waals surface area contributed by atoms with Gasteiger partial charge in [-0.2, -0.15) is 0 Å². The molecule has 0 aliphatic carbocycles. The molecule has 1 heterocycles. The van der Waals surface area contributed by atoms with Crippen molar-refractivity contribution in [2.45, 2.75) is 19.8 Å². The van der Waals surface area contributed by atoms with Gasteiger partial charge in [0.25, 0.3) is 0 Å². The quantitative estimate of drug-likeness (QED) is 0.439. The van der Waals surface area contributed by atoms with E-state index in [9.17, 15) is 4.79 Å². The van der Waals surface area contributed by atoms with Gasteiger partial charge in [-0.15, -0.1) is 0 Å². The molecule has 0 atom stereocenters. The molecule has 0 bridgehead atoms. The fraction of sp³-hybridized carbons (Fsp3) is 0.600.